The van der Waals surface area contributed by atoms with E-state index in [1.807, 2.05) is 0 Å². The first-order chi connectivity index (χ1) is 3.97. The molecule has 8 heavy (non-hydrogen) atoms. The molecule has 1 nitrogen and oxygen atoms in total. The predicted molar refractivity (Wildman–Crippen MR) is 37.2 cm³/mol. The monoisotopic (exact) mass is 129 g/mol. The van der Waals surface area contributed by atoms with Crippen LogP contribution in [0.1, 0.15) is 6.42 Å². The summed E-state index contributed by atoms with van der Waals surface area (Å²) in [5.74, 6) is 2.38. The summed E-state index contributed by atoms with van der Waals surface area (Å²) in [6, 6.07) is 0. The maximum Gasteiger partial charge on any atom is 0.00918 e. The molecule has 1 heterocycles. The molecule has 1 saturated heterocycles. The van der Waals surface area contributed by atoms with Crippen LogP contribution < -0.4 is 5.32 Å². The lowest BCUT2D eigenvalue weighted by Gasteiger charge is -1.95. The van der Waals surface area contributed by atoms with Crippen molar-refractivity contribution in [1.82, 2.24) is 5.32 Å². The molecule has 0 spiro atoms. The van der Waals surface area contributed by atoms with Crippen LogP contribution in [0.3, 0.4) is 0 Å². The zero-order chi connectivity index (χ0) is 5.40. The van der Waals surface area contributed by atoms with E-state index in [1.165, 1.54) is 25.3 Å². The molecule has 2 fully saturated rings. The molecule has 2 unspecified atom stereocenters. The van der Waals surface area contributed by atoms with Gasteiger partial charge in [-0.05, 0) is 18.9 Å². The number of nitrogens with one attached hydrogen (secondary N) is 1. The van der Waals surface area contributed by atoms with Crippen LogP contribution in [0.15, 0.2) is 0 Å². The molecule has 2 aliphatic rings. The van der Waals surface area contributed by atoms with E-state index in [0.29, 0.717) is 0 Å². The minimum Gasteiger partial charge on any atom is -0.316 e. The minimum atomic E-state index is 1.04. The highest BCUT2D eigenvalue weighted by Gasteiger charge is 2.37. The second-order valence-corrected chi connectivity index (χ2v) is 3.96. The van der Waals surface area contributed by atoms with Crippen LogP contribution in [0.5, 0.6) is 0 Å². The smallest absolute Gasteiger partial charge is 0.00918 e. The van der Waals surface area contributed by atoms with E-state index in [-0.39, 0.29) is 0 Å². The highest BCUT2D eigenvalue weighted by molar-refractivity contribution is 8.00. The van der Waals surface area contributed by atoms with Gasteiger partial charge in [-0.15, -0.1) is 0 Å². The summed E-state index contributed by atoms with van der Waals surface area (Å²) in [4.78, 5) is 0. The Kier molecular flexibility index (Phi) is 1.23. The van der Waals surface area contributed by atoms with Crippen LogP contribution in [0.2, 0.25) is 0 Å². The maximum absolute atomic E-state index is 3.42. The Morgan fingerprint density at radius 1 is 1.50 bits per heavy atom. The molecule has 0 amide bonds. The van der Waals surface area contributed by atoms with Crippen LogP contribution in [0.4, 0.5) is 0 Å². The molecule has 2 atom stereocenters. The van der Waals surface area contributed by atoms with Crippen LogP contribution >= 0.6 is 11.8 Å². The Morgan fingerprint density at radius 3 is 3.50 bits per heavy atom. The Hall–Kier alpha value is 0.310. The second kappa shape index (κ2) is 1.92. The largest absolute Gasteiger partial charge is 0.316 e. The van der Waals surface area contributed by atoms with Crippen molar-refractivity contribution < 1.29 is 0 Å². The number of fused-ring (bicyclic) bond motifs is 1. The predicted octanol–water partition coefficient (Wildman–Crippen LogP) is 0.711. The molecule has 0 bridgehead atoms. The molecule has 0 radical (unpaired) electrons. The molecular formula is C6H11NS. The second-order valence-electron chi connectivity index (χ2n) is 2.61. The molecule has 46 valence electrons. The highest BCUT2D eigenvalue weighted by Crippen LogP contribution is 2.41. The van der Waals surface area contributed by atoms with E-state index in [0.717, 1.165) is 11.2 Å². The van der Waals surface area contributed by atoms with Gasteiger partial charge in [-0.2, -0.15) is 11.8 Å². The van der Waals surface area contributed by atoms with Gasteiger partial charge in [0.1, 0.15) is 0 Å². The summed E-state index contributed by atoms with van der Waals surface area (Å²) in [7, 11) is 0. The van der Waals surface area contributed by atoms with Gasteiger partial charge in [0.2, 0.25) is 0 Å². The molecule has 1 saturated carbocycles. The molecule has 0 aromatic rings. The van der Waals surface area contributed by atoms with Gasteiger partial charge in [0.05, 0.1) is 0 Å². The van der Waals surface area contributed by atoms with Crippen molar-refractivity contribution in [2.45, 2.75) is 11.7 Å². The minimum absolute atomic E-state index is 1.04. The Balaban J connectivity index is 1.89. The van der Waals surface area contributed by atoms with Gasteiger partial charge in [-0.1, -0.05) is 0 Å². The lowest BCUT2D eigenvalue weighted by Crippen LogP contribution is -2.17. The molecule has 2 rings (SSSR count). The first-order valence-electron chi connectivity index (χ1n) is 3.29. The van der Waals surface area contributed by atoms with Crippen molar-refractivity contribution >= 4 is 11.8 Å². The Bertz CT molecular complexity index is 84.5. The average molecular weight is 129 g/mol. The number of hydrogen-bond acceptors (Lipinski definition) is 2. The van der Waals surface area contributed by atoms with Crippen molar-refractivity contribution in [3.05, 3.63) is 0 Å². The van der Waals surface area contributed by atoms with E-state index in [9.17, 15) is 0 Å². The van der Waals surface area contributed by atoms with Crippen molar-refractivity contribution in [3.63, 3.8) is 0 Å². The lowest BCUT2D eigenvalue weighted by molar-refractivity contribution is 0.676. The molecular weight excluding hydrogens is 118 g/mol. The first-order valence-corrected chi connectivity index (χ1v) is 4.34. The van der Waals surface area contributed by atoms with Gasteiger partial charge < -0.3 is 5.32 Å². The van der Waals surface area contributed by atoms with E-state index in [4.69, 9.17) is 0 Å². The van der Waals surface area contributed by atoms with Crippen LogP contribution in [-0.2, 0) is 0 Å². The maximum atomic E-state index is 3.42. The zero-order valence-electron chi connectivity index (χ0n) is 4.89. The third-order valence-electron chi connectivity index (χ3n) is 1.88. The third kappa shape index (κ3) is 0.869. The highest BCUT2D eigenvalue weighted by atomic mass is 32.2. The van der Waals surface area contributed by atoms with E-state index < -0.39 is 0 Å². The van der Waals surface area contributed by atoms with Crippen molar-refractivity contribution in [3.8, 4) is 0 Å². The van der Waals surface area contributed by atoms with Gasteiger partial charge >= 0.3 is 0 Å². The Morgan fingerprint density at radius 2 is 2.50 bits per heavy atom. The summed E-state index contributed by atoms with van der Waals surface area (Å²) in [6.45, 7) is 2.52. The van der Waals surface area contributed by atoms with E-state index in [2.05, 4.69) is 17.1 Å². The molecule has 2 heteroatoms. The summed E-state index contributed by atoms with van der Waals surface area (Å²) in [6.07, 6.45) is 1.48. The fourth-order valence-corrected chi connectivity index (χ4v) is 2.53. The average Bonchev–Trinajstić information content (AvgIpc) is 2.36. The zero-order valence-corrected chi connectivity index (χ0v) is 5.71. The number of thioether (sulfide) groups is 1. The molecule has 0 aromatic carbocycles. The summed E-state index contributed by atoms with van der Waals surface area (Å²) >= 11 is 2.15. The van der Waals surface area contributed by atoms with Crippen molar-refractivity contribution in [1.29, 1.82) is 0 Å². The van der Waals surface area contributed by atoms with Gasteiger partial charge in [0.15, 0.2) is 0 Å². The Labute approximate surface area is 54.2 Å². The third-order valence-corrected chi connectivity index (χ3v) is 3.32. The number of rotatable bonds is 0. The van der Waals surface area contributed by atoms with Crippen LogP contribution in [0, 0.1) is 5.92 Å². The van der Waals surface area contributed by atoms with Gasteiger partial charge in [0.25, 0.3) is 0 Å². The fraction of sp³-hybridized carbons (Fsp3) is 1.00. The fourth-order valence-electron chi connectivity index (χ4n) is 1.21. The van der Waals surface area contributed by atoms with Crippen LogP contribution in [-0.4, -0.2) is 24.1 Å². The summed E-state index contributed by atoms with van der Waals surface area (Å²) in [5.41, 5.74) is 0. The molecule has 1 aliphatic carbocycles. The SMILES string of the molecule is C1CSC2CC2CN1. The van der Waals surface area contributed by atoms with Crippen molar-refractivity contribution in [2.75, 3.05) is 18.8 Å². The van der Waals surface area contributed by atoms with E-state index >= 15 is 0 Å². The lowest BCUT2D eigenvalue weighted by atomic mass is 10.4. The van der Waals surface area contributed by atoms with Gasteiger partial charge in [-0.3, -0.25) is 0 Å². The topological polar surface area (TPSA) is 12.0 Å². The van der Waals surface area contributed by atoms with E-state index in [1.54, 1.807) is 0 Å². The standard InChI is InChI=1S/C6H11NS/c1-2-8-6-3-5(6)4-7-1/h5-7H,1-4H2. The summed E-state index contributed by atoms with van der Waals surface area (Å²) < 4.78 is 0. The summed E-state index contributed by atoms with van der Waals surface area (Å²) in [5, 5.41) is 4.46. The molecule has 1 N–H and O–H groups in total. The van der Waals surface area contributed by atoms with Crippen molar-refractivity contribution in [2.24, 2.45) is 5.92 Å². The quantitative estimate of drug-likeness (QED) is 0.517. The molecule has 0 aromatic heterocycles. The van der Waals surface area contributed by atoms with Gasteiger partial charge in [-0.25, -0.2) is 0 Å². The van der Waals surface area contributed by atoms with Crippen LogP contribution in [0.25, 0.3) is 0 Å². The normalized spacial score (nSPS) is 45.0. The number of hydrogen-bond donors (Lipinski definition) is 1. The van der Waals surface area contributed by atoms with Gasteiger partial charge in [0, 0.05) is 17.5 Å². The molecule has 1 aliphatic heterocycles. The first kappa shape index (κ1) is 5.12.